The summed E-state index contributed by atoms with van der Waals surface area (Å²) in [5.41, 5.74) is 1.70. The lowest BCUT2D eigenvalue weighted by Gasteiger charge is -2.36. The normalized spacial score (nSPS) is 17.2. The highest BCUT2D eigenvalue weighted by atomic mass is 35.5. The molecule has 2 amide bonds. The number of imide groups is 1. The molecule has 2 aliphatic rings. The number of aromatic nitrogens is 2. The number of rotatable bonds is 7. The molecule has 31 heavy (non-hydrogen) atoms. The second-order valence-electron chi connectivity index (χ2n) is 7.72. The van der Waals surface area contributed by atoms with Gasteiger partial charge in [0.25, 0.3) is 11.8 Å². The monoisotopic (exact) mass is 439 g/mol. The standard InChI is InChI=1S/C23H26ClN5O2/c1-2-3-4-12-29-21(30)19(17-6-8-18(24)9-7-17)20(22(29)31)27-13-15-28(16-14-27)23-25-10-5-11-26-23/h5-11H,2-4,12-16H2,1H3. The van der Waals surface area contributed by atoms with Crippen LogP contribution in [0.2, 0.25) is 5.02 Å². The Morgan fingerprint density at radius 2 is 1.55 bits per heavy atom. The number of unbranched alkanes of at least 4 members (excludes halogenated alkanes) is 2. The van der Waals surface area contributed by atoms with Gasteiger partial charge in [0.2, 0.25) is 5.95 Å². The topological polar surface area (TPSA) is 69.6 Å². The molecule has 1 aromatic carbocycles. The largest absolute Gasteiger partial charge is 0.363 e. The van der Waals surface area contributed by atoms with E-state index in [4.69, 9.17) is 11.6 Å². The van der Waals surface area contributed by atoms with Crippen molar-refractivity contribution in [1.29, 1.82) is 0 Å². The van der Waals surface area contributed by atoms with Crippen LogP contribution in [0.25, 0.3) is 5.57 Å². The molecule has 0 spiro atoms. The summed E-state index contributed by atoms with van der Waals surface area (Å²) in [6, 6.07) is 8.92. The van der Waals surface area contributed by atoms with E-state index in [2.05, 4.69) is 21.8 Å². The van der Waals surface area contributed by atoms with Gasteiger partial charge >= 0.3 is 0 Å². The van der Waals surface area contributed by atoms with Crippen LogP contribution in [-0.2, 0) is 9.59 Å². The molecule has 0 atom stereocenters. The van der Waals surface area contributed by atoms with E-state index in [0.717, 1.165) is 24.8 Å². The first-order chi connectivity index (χ1) is 15.1. The summed E-state index contributed by atoms with van der Waals surface area (Å²) < 4.78 is 0. The van der Waals surface area contributed by atoms with Gasteiger partial charge in [0, 0.05) is 50.1 Å². The van der Waals surface area contributed by atoms with Crippen LogP contribution >= 0.6 is 11.6 Å². The van der Waals surface area contributed by atoms with E-state index in [1.54, 1.807) is 30.6 Å². The number of benzene rings is 1. The Hall–Kier alpha value is -2.93. The van der Waals surface area contributed by atoms with Gasteiger partial charge in [0.15, 0.2) is 0 Å². The molecule has 3 heterocycles. The lowest BCUT2D eigenvalue weighted by atomic mass is 10.0. The summed E-state index contributed by atoms with van der Waals surface area (Å²) in [6.07, 6.45) is 6.28. The average Bonchev–Trinajstić information content (AvgIpc) is 3.05. The summed E-state index contributed by atoms with van der Waals surface area (Å²) >= 11 is 6.05. The van der Waals surface area contributed by atoms with Crippen molar-refractivity contribution in [2.24, 2.45) is 0 Å². The molecule has 2 aromatic rings. The number of piperazine rings is 1. The Bertz CT molecular complexity index is 969. The summed E-state index contributed by atoms with van der Waals surface area (Å²) in [7, 11) is 0. The fourth-order valence-electron chi connectivity index (χ4n) is 4.04. The molecule has 8 heteroatoms. The van der Waals surface area contributed by atoms with Gasteiger partial charge < -0.3 is 9.80 Å². The molecule has 0 unspecified atom stereocenters. The smallest absolute Gasteiger partial charge is 0.277 e. The summed E-state index contributed by atoms with van der Waals surface area (Å²) in [4.78, 5) is 40.8. The van der Waals surface area contributed by atoms with E-state index in [9.17, 15) is 9.59 Å². The Morgan fingerprint density at radius 3 is 2.19 bits per heavy atom. The van der Waals surface area contributed by atoms with Gasteiger partial charge in [-0.25, -0.2) is 9.97 Å². The number of nitrogens with zero attached hydrogens (tertiary/aromatic N) is 5. The summed E-state index contributed by atoms with van der Waals surface area (Å²) in [5.74, 6) is 0.270. The van der Waals surface area contributed by atoms with E-state index >= 15 is 0 Å². The van der Waals surface area contributed by atoms with Crippen molar-refractivity contribution in [1.82, 2.24) is 19.8 Å². The minimum absolute atomic E-state index is 0.199. The fraction of sp³-hybridized carbons (Fsp3) is 0.391. The minimum Gasteiger partial charge on any atom is -0.363 e. The maximum atomic E-state index is 13.4. The minimum atomic E-state index is -0.216. The van der Waals surface area contributed by atoms with Crippen molar-refractivity contribution >= 4 is 34.9 Å². The highest BCUT2D eigenvalue weighted by Crippen LogP contribution is 2.33. The van der Waals surface area contributed by atoms with Crippen molar-refractivity contribution in [2.75, 3.05) is 37.6 Å². The van der Waals surface area contributed by atoms with Crippen LogP contribution in [0, 0.1) is 0 Å². The average molecular weight is 440 g/mol. The molecular formula is C23H26ClN5O2. The van der Waals surface area contributed by atoms with Gasteiger partial charge in [-0.15, -0.1) is 0 Å². The Labute approximate surface area is 187 Å². The van der Waals surface area contributed by atoms with Crippen molar-refractivity contribution < 1.29 is 9.59 Å². The van der Waals surface area contributed by atoms with Gasteiger partial charge in [0.05, 0.1) is 5.57 Å². The second kappa shape index (κ2) is 9.47. The molecule has 162 valence electrons. The molecule has 0 bridgehead atoms. The highest BCUT2D eigenvalue weighted by Gasteiger charge is 2.41. The van der Waals surface area contributed by atoms with Gasteiger partial charge in [-0.3, -0.25) is 14.5 Å². The molecule has 1 aromatic heterocycles. The van der Waals surface area contributed by atoms with Crippen LogP contribution in [0.15, 0.2) is 48.4 Å². The first-order valence-electron chi connectivity index (χ1n) is 10.7. The molecule has 1 saturated heterocycles. The molecule has 4 rings (SSSR count). The predicted octanol–water partition coefficient (Wildman–Crippen LogP) is 3.22. The summed E-state index contributed by atoms with van der Waals surface area (Å²) in [5, 5.41) is 0.596. The molecular weight excluding hydrogens is 414 g/mol. The SMILES string of the molecule is CCCCCN1C(=O)C(c2ccc(Cl)cc2)=C(N2CCN(c3ncccn3)CC2)C1=O. The molecule has 2 aliphatic heterocycles. The van der Waals surface area contributed by atoms with Crippen LogP contribution in [0.5, 0.6) is 0 Å². The Morgan fingerprint density at radius 1 is 0.903 bits per heavy atom. The van der Waals surface area contributed by atoms with E-state index in [1.165, 1.54) is 4.90 Å². The first kappa shape index (κ1) is 21.3. The number of anilines is 1. The Kier molecular flexibility index (Phi) is 6.51. The number of carbonyl (C=O) groups excluding carboxylic acids is 2. The number of hydrogen-bond donors (Lipinski definition) is 0. The van der Waals surface area contributed by atoms with Crippen molar-refractivity contribution in [3.8, 4) is 0 Å². The quantitative estimate of drug-likeness (QED) is 0.487. The van der Waals surface area contributed by atoms with Crippen LogP contribution < -0.4 is 4.90 Å². The maximum absolute atomic E-state index is 13.4. The third-order valence-electron chi connectivity index (χ3n) is 5.69. The maximum Gasteiger partial charge on any atom is 0.277 e. The molecule has 0 aliphatic carbocycles. The van der Waals surface area contributed by atoms with Crippen molar-refractivity contribution in [2.45, 2.75) is 26.2 Å². The van der Waals surface area contributed by atoms with Gasteiger partial charge in [0.1, 0.15) is 5.70 Å². The first-order valence-corrected chi connectivity index (χ1v) is 11.1. The third kappa shape index (κ3) is 4.42. The molecule has 0 saturated carbocycles. The van der Waals surface area contributed by atoms with E-state index in [-0.39, 0.29) is 11.8 Å². The zero-order chi connectivity index (χ0) is 21.8. The van der Waals surface area contributed by atoms with Crippen LogP contribution in [0.1, 0.15) is 31.7 Å². The van der Waals surface area contributed by atoms with Gasteiger partial charge in [-0.05, 0) is 30.2 Å². The number of hydrogen-bond acceptors (Lipinski definition) is 6. The number of amides is 2. The van der Waals surface area contributed by atoms with E-state index < -0.39 is 0 Å². The van der Waals surface area contributed by atoms with E-state index in [1.807, 2.05) is 17.0 Å². The van der Waals surface area contributed by atoms with Crippen molar-refractivity contribution in [3.63, 3.8) is 0 Å². The van der Waals surface area contributed by atoms with Crippen LogP contribution in [0.3, 0.4) is 0 Å². The molecule has 1 fully saturated rings. The van der Waals surface area contributed by atoms with Crippen LogP contribution in [-0.4, -0.2) is 64.3 Å². The highest BCUT2D eigenvalue weighted by molar-refractivity contribution is 6.36. The third-order valence-corrected chi connectivity index (χ3v) is 5.94. The Balaban J connectivity index is 1.60. The number of carbonyl (C=O) groups is 2. The lowest BCUT2D eigenvalue weighted by Crippen LogP contribution is -2.48. The lowest BCUT2D eigenvalue weighted by molar-refractivity contribution is -0.137. The molecule has 0 radical (unpaired) electrons. The van der Waals surface area contributed by atoms with Gasteiger partial charge in [-0.1, -0.05) is 43.5 Å². The van der Waals surface area contributed by atoms with Crippen molar-refractivity contribution in [3.05, 3.63) is 59.0 Å². The predicted molar refractivity (Wildman–Crippen MR) is 120 cm³/mol. The zero-order valence-electron chi connectivity index (χ0n) is 17.6. The molecule has 7 nitrogen and oxygen atoms in total. The number of halogens is 1. The molecule has 0 N–H and O–H groups in total. The fourth-order valence-corrected chi connectivity index (χ4v) is 4.17. The second-order valence-corrected chi connectivity index (χ2v) is 8.16. The summed E-state index contributed by atoms with van der Waals surface area (Å²) in [6.45, 7) is 5.15. The van der Waals surface area contributed by atoms with E-state index in [0.29, 0.717) is 55.0 Å². The van der Waals surface area contributed by atoms with Gasteiger partial charge in [-0.2, -0.15) is 0 Å². The zero-order valence-corrected chi connectivity index (χ0v) is 18.4. The van der Waals surface area contributed by atoms with Crippen LogP contribution in [0.4, 0.5) is 5.95 Å².